The van der Waals surface area contributed by atoms with Gasteiger partial charge in [-0.05, 0) is 55.9 Å². The zero-order chi connectivity index (χ0) is 22.1. The number of rotatable bonds is 7. The summed E-state index contributed by atoms with van der Waals surface area (Å²) in [4.78, 5) is 22.2. The Bertz CT molecular complexity index is 1100. The first-order valence-electron chi connectivity index (χ1n) is 11.2. The van der Waals surface area contributed by atoms with Gasteiger partial charge in [-0.1, -0.05) is 18.2 Å². The SMILES string of the molecule is C[C@H]1COC(c2ccc(N)nc2)=CN1CC1CC1CCNC(=O)c1cc2ccccc2[nH]1. The highest BCUT2D eigenvalue weighted by atomic mass is 16.5. The number of H-pyrrole nitrogens is 1. The van der Waals surface area contributed by atoms with Crippen molar-refractivity contribution in [2.75, 3.05) is 25.4 Å². The molecule has 1 fully saturated rings. The van der Waals surface area contributed by atoms with Crippen LogP contribution < -0.4 is 11.1 Å². The molecule has 3 atom stereocenters. The number of pyridine rings is 1. The predicted molar refractivity (Wildman–Crippen MR) is 126 cm³/mol. The highest BCUT2D eigenvalue weighted by molar-refractivity contribution is 5.97. The van der Waals surface area contributed by atoms with Gasteiger partial charge in [-0.25, -0.2) is 4.98 Å². The van der Waals surface area contributed by atoms with Crippen molar-refractivity contribution >= 4 is 28.4 Å². The van der Waals surface area contributed by atoms with Crippen molar-refractivity contribution in [1.29, 1.82) is 0 Å². The van der Waals surface area contributed by atoms with Gasteiger partial charge in [0.15, 0.2) is 0 Å². The van der Waals surface area contributed by atoms with Crippen LogP contribution in [0.2, 0.25) is 0 Å². The number of anilines is 1. The molecule has 3 aromatic rings. The summed E-state index contributed by atoms with van der Waals surface area (Å²) in [5.41, 5.74) is 8.25. The predicted octanol–water partition coefficient (Wildman–Crippen LogP) is 3.62. The summed E-state index contributed by atoms with van der Waals surface area (Å²) < 4.78 is 5.92. The average Bonchev–Trinajstić information content (AvgIpc) is 3.38. The number of benzene rings is 1. The highest BCUT2D eigenvalue weighted by Crippen LogP contribution is 2.42. The van der Waals surface area contributed by atoms with Gasteiger partial charge in [0.2, 0.25) is 0 Å². The van der Waals surface area contributed by atoms with Crippen molar-refractivity contribution in [2.24, 2.45) is 11.8 Å². The third-order valence-electron chi connectivity index (χ3n) is 6.49. The zero-order valence-corrected chi connectivity index (χ0v) is 18.3. The molecule has 2 unspecified atom stereocenters. The third-order valence-corrected chi connectivity index (χ3v) is 6.49. The first-order valence-corrected chi connectivity index (χ1v) is 11.2. The van der Waals surface area contributed by atoms with Gasteiger partial charge in [-0.3, -0.25) is 4.79 Å². The van der Waals surface area contributed by atoms with Crippen molar-refractivity contribution in [3.8, 4) is 0 Å². The Morgan fingerprint density at radius 3 is 2.97 bits per heavy atom. The summed E-state index contributed by atoms with van der Waals surface area (Å²) in [7, 11) is 0. The van der Waals surface area contributed by atoms with Crippen molar-refractivity contribution in [3.63, 3.8) is 0 Å². The molecule has 1 amide bonds. The van der Waals surface area contributed by atoms with Gasteiger partial charge in [0.1, 0.15) is 23.9 Å². The number of nitrogens with one attached hydrogen (secondary N) is 2. The highest BCUT2D eigenvalue weighted by Gasteiger charge is 2.38. The number of nitrogen functional groups attached to an aromatic ring is 1. The van der Waals surface area contributed by atoms with E-state index in [1.54, 1.807) is 12.3 Å². The van der Waals surface area contributed by atoms with E-state index in [9.17, 15) is 4.79 Å². The molecular formula is C25H29N5O2. The zero-order valence-electron chi connectivity index (χ0n) is 18.3. The van der Waals surface area contributed by atoms with Crippen LogP contribution in [0.25, 0.3) is 16.7 Å². The van der Waals surface area contributed by atoms with Crippen LogP contribution in [0.4, 0.5) is 5.82 Å². The van der Waals surface area contributed by atoms with E-state index in [2.05, 4.69) is 33.3 Å². The Labute approximate surface area is 187 Å². The second-order valence-electron chi connectivity index (χ2n) is 8.89. The lowest BCUT2D eigenvalue weighted by Gasteiger charge is -2.33. The van der Waals surface area contributed by atoms with Crippen LogP contribution in [0, 0.1) is 11.8 Å². The topological polar surface area (TPSA) is 96.3 Å². The van der Waals surface area contributed by atoms with Gasteiger partial charge in [0.25, 0.3) is 5.91 Å². The van der Waals surface area contributed by atoms with E-state index in [4.69, 9.17) is 10.5 Å². The van der Waals surface area contributed by atoms with Crippen LogP contribution in [-0.4, -0.2) is 46.5 Å². The van der Waals surface area contributed by atoms with Crippen molar-refractivity contribution in [2.45, 2.75) is 25.8 Å². The Hall–Kier alpha value is -3.48. The maximum absolute atomic E-state index is 12.5. The summed E-state index contributed by atoms with van der Waals surface area (Å²) in [6.07, 6.45) is 6.08. The number of fused-ring (bicyclic) bond motifs is 1. The largest absolute Gasteiger partial charge is 0.489 e. The fraction of sp³-hybridized carbons (Fsp3) is 0.360. The van der Waals surface area contributed by atoms with Crippen LogP contribution in [0.3, 0.4) is 0 Å². The molecule has 166 valence electrons. The van der Waals surface area contributed by atoms with Gasteiger partial charge >= 0.3 is 0 Å². The molecule has 7 nitrogen and oxygen atoms in total. The minimum absolute atomic E-state index is 0.0371. The van der Waals surface area contributed by atoms with Gasteiger partial charge in [0, 0.05) is 42.0 Å². The average molecular weight is 432 g/mol. The molecule has 0 bridgehead atoms. The number of nitrogens with zero attached hydrogens (tertiary/aromatic N) is 2. The van der Waals surface area contributed by atoms with Gasteiger partial charge < -0.3 is 25.7 Å². The minimum atomic E-state index is -0.0371. The number of carbonyl (C=O) groups is 1. The number of hydrogen-bond donors (Lipinski definition) is 3. The second kappa shape index (κ2) is 8.57. The van der Waals surface area contributed by atoms with Gasteiger partial charge in [0.05, 0.1) is 6.04 Å². The molecule has 2 aromatic heterocycles. The van der Waals surface area contributed by atoms with E-state index < -0.39 is 0 Å². The van der Waals surface area contributed by atoms with E-state index in [1.807, 2.05) is 36.4 Å². The molecule has 1 aliphatic heterocycles. The molecule has 0 radical (unpaired) electrons. The standard InChI is InChI=1S/C25H29N5O2/c1-16-15-32-23(19-6-7-24(26)28-12-19)14-30(16)13-20-10-17(20)8-9-27-25(31)22-11-18-4-2-3-5-21(18)29-22/h2-7,11-12,14,16-17,20,29H,8-10,13,15H2,1H3,(H2,26,28)(H,27,31)/t16-,17?,20?/m0/s1. The lowest BCUT2D eigenvalue weighted by molar-refractivity contribution is 0.0948. The lowest BCUT2D eigenvalue weighted by atomic mass is 10.1. The van der Waals surface area contributed by atoms with Gasteiger partial charge in [-0.2, -0.15) is 0 Å². The van der Waals surface area contributed by atoms with Crippen molar-refractivity contribution < 1.29 is 9.53 Å². The molecular weight excluding hydrogens is 402 g/mol. The summed E-state index contributed by atoms with van der Waals surface area (Å²) >= 11 is 0. The summed E-state index contributed by atoms with van der Waals surface area (Å²) in [6, 6.07) is 13.9. The van der Waals surface area contributed by atoms with Crippen LogP contribution >= 0.6 is 0 Å². The molecule has 32 heavy (non-hydrogen) atoms. The smallest absolute Gasteiger partial charge is 0.267 e. The van der Waals surface area contributed by atoms with Crippen LogP contribution in [0.1, 0.15) is 35.8 Å². The fourth-order valence-electron chi connectivity index (χ4n) is 4.38. The molecule has 0 spiro atoms. The number of nitrogens with two attached hydrogens (primary N) is 1. The Morgan fingerprint density at radius 1 is 1.28 bits per heavy atom. The summed E-state index contributed by atoms with van der Waals surface area (Å²) in [5, 5.41) is 4.12. The third kappa shape index (κ3) is 4.42. The summed E-state index contributed by atoms with van der Waals surface area (Å²) in [5.74, 6) is 2.63. The van der Waals surface area contributed by atoms with E-state index in [1.165, 1.54) is 6.42 Å². The number of para-hydroxylation sites is 1. The molecule has 5 rings (SSSR count). The van der Waals surface area contributed by atoms with Crippen molar-refractivity contribution in [3.05, 3.63) is 66.1 Å². The van der Waals surface area contributed by atoms with E-state index in [-0.39, 0.29) is 5.91 Å². The quantitative estimate of drug-likeness (QED) is 0.531. The van der Waals surface area contributed by atoms with Crippen LogP contribution in [0.5, 0.6) is 0 Å². The normalized spacial score (nSPS) is 22.3. The Morgan fingerprint density at radius 2 is 2.16 bits per heavy atom. The second-order valence-corrected chi connectivity index (χ2v) is 8.89. The Kier molecular flexibility index (Phi) is 5.47. The molecule has 3 heterocycles. The van der Waals surface area contributed by atoms with E-state index >= 15 is 0 Å². The molecule has 1 aromatic carbocycles. The Balaban J connectivity index is 1.11. The molecule has 4 N–H and O–H groups in total. The minimum Gasteiger partial charge on any atom is -0.489 e. The first kappa shape index (κ1) is 20.4. The van der Waals surface area contributed by atoms with Crippen molar-refractivity contribution in [1.82, 2.24) is 20.2 Å². The fourth-order valence-corrected chi connectivity index (χ4v) is 4.38. The number of carbonyl (C=O) groups excluding carboxylic acids is 1. The molecule has 2 aliphatic rings. The van der Waals surface area contributed by atoms with Crippen LogP contribution in [-0.2, 0) is 4.74 Å². The monoisotopic (exact) mass is 431 g/mol. The van der Waals surface area contributed by atoms with Gasteiger partial charge in [-0.15, -0.1) is 0 Å². The van der Waals surface area contributed by atoms with E-state index in [0.717, 1.165) is 35.2 Å². The molecule has 0 saturated heterocycles. The maximum atomic E-state index is 12.5. The van der Waals surface area contributed by atoms with E-state index in [0.29, 0.717) is 42.5 Å². The first-order chi connectivity index (χ1) is 15.6. The molecule has 1 aliphatic carbocycles. The molecule has 1 saturated carbocycles. The van der Waals surface area contributed by atoms with Crippen LogP contribution in [0.15, 0.2) is 54.9 Å². The maximum Gasteiger partial charge on any atom is 0.267 e. The summed E-state index contributed by atoms with van der Waals surface area (Å²) in [6.45, 7) is 4.56. The number of amides is 1. The number of hydrogen-bond acceptors (Lipinski definition) is 5. The number of aromatic amines is 1. The number of aromatic nitrogens is 2. The lowest BCUT2D eigenvalue weighted by Crippen LogP contribution is -2.37. The molecule has 7 heteroatoms. The number of ether oxygens (including phenoxy) is 1.